The molecule has 2 aliphatic heterocycles. The summed E-state index contributed by atoms with van der Waals surface area (Å²) in [5, 5.41) is 0. The average Bonchev–Trinajstić information content (AvgIpc) is 3.23. The van der Waals surface area contributed by atoms with Crippen LogP contribution in [0, 0.1) is 0 Å². The van der Waals surface area contributed by atoms with Gasteiger partial charge in [-0.3, -0.25) is 9.10 Å². The van der Waals surface area contributed by atoms with Crippen molar-refractivity contribution in [3.63, 3.8) is 0 Å². The lowest BCUT2D eigenvalue weighted by Crippen LogP contribution is -2.38. The van der Waals surface area contributed by atoms with E-state index in [9.17, 15) is 18.0 Å². The summed E-state index contributed by atoms with van der Waals surface area (Å²) in [6, 6.07) is 20.9. The fourth-order valence-corrected chi connectivity index (χ4v) is 6.55. The Morgan fingerprint density at radius 3 is 2.46 bits per heavy atom. The molecular formula is C27H26N2O5S. The van der Waals surface area contributed by atoms with Gasteiger partial charge in [-0.2, -0.15) is 0 Å². The number of anilines is 1. The standard InChI is InChI=1S/C27H26N2O5S/c1-19-15-21-8-4-5-12-25(21)29(19)35(32,33)24-11-6-10-22(16-24)27(31)34-18-26(30)28-14-13-20-7-2-3-9-23(20)17-28/h2-12,16,19H,13-15,17-18H2,1H3/t19-/m1/s1. The van der Waals surface area contributed by atoms with Gasteiger partial charge in [0, 0.05) is 19.1 Å². The molecule has 5 rings (SSSR count). The maximum absolute atomic E-state index is 13.5. The van der Waals surface area contributed by atoms with Crippen molar-refractivity contribution in [2.75, 3.05) is 17.5 Å². The summed E-state index contributed by atoms with van der Waals surface area (Å²) < 4.78 is 33.6. The Bertz CT molecular complexity index is 1400. The van der Waals surface area contributed by atoms with Gasteiger partial charge in [-0.1, -0.05) is 48.5 Å². The van der Waals surface area contributed by atoms with Crippen molar-refractivity contribution < 1.29 is 22.7 Å². The summed E-state index contributed by atoms with van der Waals surface area (Å²) in [5.74, 6) is -1.01. The first-order valence-corrected chi connectivity index (χ1v) is 13.0. The molecule has 0 unspecified atom stereocenters. The number of rotatable bonds is 5. The fraction of sp³-hybridized carbons (Fsp3) is 0.259. The Kier molecular flexibility index (Phi) is 6.06. The molecule has 0 saturated carbocycles. The minimum Gasteiger partial charge on any atom is -0.452 e. The van der Waals surface area contributed by atoms with Gasteiger partial charge in [0.1, 0.15) is 0 Å². The van der Waals surface area contributed by atoms with E-state index in [2.05, 4.69) is 6.07 Å². The molecule has 2 heterocycles. The van der Waals surface area contributed by atoms with Gasteiger partial charge < -0.3 is 9.64 Å². The van der Waals surface area contributed by atoms with Gasteiger partial charge in [-0.25, -0.2) is 13.2 Å². The molecule has 0 radical (unpaired) electrons. The molecule has 0 aliphatic carbocycles. The first-order chi connectivity index (χ1) is 16.8. The summed E-state index contributed by atoms with van der Waals surface area (Å²) in [6.45, 7) is 2.52. The molecule has 2 aliphatic rings. The zero-order valence-electron chi connectivity index (χ0n) is 19.4. The Morgan fingerprint density at radius 1 is 0.943 bits per heavy atom. The predicted molar refractivity (Wildman–Crippen MR) is 132 cm³/mol. The van der Waals surface area contributed by atoms with E-state index in [-0.39, 0.29) is 22.4 Å². The summed E-state index contributed by atoms with van der Waals surface area (Å²) in [5.41, 5.74) is 4.03. The summed E-state index contributed by atoms with van der Waals surface area (Å²) in [4.78, 5) is 27.0. The van der Waals surface area contributed by atoms with Crippen LogP contribution in [0.3, 0.4) is 0 Å². The number of fused-ring (bicyclic) bond motifs is 2. The molecular weight excluding hydrogens is 464 g/mol. The number of carbonyl (C=O) groups is 2. The van der Waals surface area contributed by atoms with Gasteiger partial charge in [0.2, 0.25) is 0 Å². The number of nitrogens with zero attached hydrogens (tertiary/aromatic N) is 2. The van der Waals surface area contributed by atoms with E-state index < -0.39 is 22.6 Å². The highest BCUT2D eigenvalue weighted by molar-refractivity contribution is 7.92. The van der Waals surface area contributed by atoms with Crippen LogP contribution in [0.15, 0.2) is 77.7 Å². The molecule has 8 heteroatoms. The highest BCUT2D eigenvalue weighted by Crippen LogP contribution is 2.36. The molecule has 1 amide bonds. The van der Waals surface area contributed by atoms with Crippen molar-refractivity contribution in [2.24, 2.45) is 0 Å². The van der Waals surface area contributed by atoms with Gasteiger partial charge >= 0.3 is 5.97 Å². The van der Waals surface area contributed by atoms with Gasteiger partial charge in [-0.15, -0.1) is 0 Å². The second-order valence-electron chi connectivity index (χ2n) is 8.92. The third kappa shape index (κ3) is 4.41. The first-order valence-electron chi connectivity index (χ1n) is 11.6. The second-order valence-corrected chi connectivity index (χ2v) is 10.7. The van der Waals surface area contributed by atoms with E-state index in [1.807, 2.05) is 43.3 Å². The largest absolute Gasteiger partial charge is 0.452 e. The highest BCUT2D eigenvalue weighted by Gasteiger charge is 2.36. The van der Waals surface area contributed by atoms with Crippen LogP contribution >= 0.6 is 0 Å². The average molecular weight is 491 g/mol. The normalized spacial score (nSPS) is 17.0. The number of carbonyl (C=O) groups excluding carboxylic acids is 2. The molecule has 0 bridgehead atoms. The Hall–Kier alpha value is -3.65. The topological polar surface area (TPSA) is 84.0 Å². The van der Waals surface area contributed by atoms with Crippen LogP contribution in [0.5, 0.6) is 0 Å². The van der Waals surface area contributed by atoms with Crippen LogP contribution in [-0.4, -0.2) is 44.4 Å². The quantitative estimate of drug-likeness (QED) is 0.511. The fourth-order valence-electron chi connectivity index (χ4n) is 4.81. The molecule has 180 valence electrons. The van der Waals surface area contributed by atoms with E-state index in [0.29, 0.717) is 25.2 Å². The number of sulfonamides is 1. The Morgan fingerprint density at radius 2 is 1.66 bits per heavy atom. The summed E-state index contributed by atoms with van der Waals surface area (Å²) in [6.07, 6.45) is 1.38. The van der Waals surface area contributed by atoms with E-state index in [1.54, 1.807) is 11.0 Å². The van der Waals surface area contributed by atoms with Crippen LogP contribution in [0.1, 0.15) is 34.0 Å². The first kappa shape index (κ1) is 23.1. The van der Waals surface area contributed by atoms with Crippen LogP contribution in [0.2, 0.25) is 0 Å². The van der Waals surface area contributed by atoms with E-state index in [4.69, 9.17) is 4.74 Å². The van der Waals surface area contributed by atoms with Crippen LogP contribution in [0.25, 0.3) is 0 Å². The van der Waals surface area contributed by atoms with E-state index in [1.165, 1.54) is 34.1 Å². The van der Waals surface area contributed by atoms with Crippen molar-refractivity contribution in [2.45, 2.75) is 37.2 Å². The van der Waals surface area contributed by atoms with Crippen molar-refractivity contribution in [1.82, 2.24) is 4.90 Å². The number of para-hydroxylation sites is 1. The van der Waals surface area contributed by atoms with Gasteiger partial charge in [-0.05, 0) is 60.7 Å². The van der Waals surface area contributed by atoms with Crippen LogP contribution in [-0.2, 0) is 38.9 Å². The number of hydrogen-bond acceptors (Lipinski definition) is 5. The van der Waals surface area contributed by atoms with Gasteiger partial charge in [0.15, 0.2) is 6.61 Å². The van der Waals surface area contributed by atoms with E-state index in [0.717, 1.165) is 17.5 Å². The smallest absolute Gasteiger partial charge is 0.338 e. The molecule has 0 N–H and O–H groups in total. The monoisotopic (exact) mass is 490 g/mol. The number of amides is 1. The second kappa shape index (κ2) is 9.19. The van der Waals surface area contributed by atoms with Crippen molar-refractivity contribution >= 4 is 27.6 Å². The van der Waals surface area contributed by atoms with Crippen molar-refractivity contribution in [3.8, 4) is 0 Å². The minimum absolute atomic E-state index is 0.00877. The SMILES string of the molecule is C[C@@H]1Cc2ccccc2N1S(=O)(=O)c1cccc(C(=O)OCC(=O)N2CCc3ccccc3C2)c1. The third-order valence-corrected chi connectivity index (χ3v) is 8.51. The predicted octanol–water partition coefficient (Wildman–Crippen LogP) is 3.57. The van der Waals surface area contributed by atoms with Crippen molar-refractivity contribution in [3.05, 3.63) is 95.1 Å². The maximum Gasteiger partial charge on any atom is 0.338 e. The lowest BCUT2D eigenvalue weighted by molar-refractivity contribution is -0.135. The lowest BCUT2D eigenvalue weighted by atomic mass is 10.00. The molecule has 1 atom stereocenters. The summed E-state index contributed by atoms with van der Waals surface area (Å²) >= 11 is 0. The lowest BCUT2D eigenvalue weighted by Gasteiger charge is -2.28. The van der Waals surface area contributed by atoms with E-state index >= 15 is 0 Å². The minimum atomic E-state index is -3.88. The van der Waals surface area contributed by atoms with Crippen LogP contribution in [0.4, 0.5) is 5.69 Å². The molecule has 0 saturated heterocycles. The number of ether oxygens (including phenoxy) is 1. The molecule has 3 aromatic rings. The molecule has 3 aromatic carbocycles. The Labute approximate surface area is 205 Å². The molecule has 0 aromatic heterocycles. The number of benzene rings is 3. The number of hydrogen-bond donors (Lipinski definition) is 0. The third-order valence-electron chi connectivity index (χ3n) is 6.58. The highest BCUT2D eigenvalue weighted by atomic mass is 32.2. The van der Waals surface area contributed by atoms with Gasteiger partial charge in [0.25, 0.3) is 15.9 Å². The zero-order valence-corrected chi connectivity index (χ0v) is 20.2. The Balaban J connectivity index is 1.28. The molecule has 0 fully saturated rings. The molecule has 35 heavy (non-hydrogen) atoms. The maximum atomic E-state index is 13.5. The van der Waals surface area contributed by atoms with Crippen LogP contribution < -0.4 is 4.31 Å². The zero-order chi connectivity index (χ0) is 24.6. The molecule has 7 nitrogen and oxygen atoms in total. The molecule has 0 spiro atoms. The summed E-state index contributed by atoms with van der Waals surface area (Å²) in [7, 11) is -3.88. The van der Waals surface area contributed by atoms with Gasteiger partial charge in [0.05, 0.1) is 16.1 Å². The van der Waals surface area contributed by atoms with Crippen molar-refractivity contribution in [1.29, 1.82) is 0 Å². The number of esters is 1.